The Hall–Kier alpha value is -7.64. The van der Waals surface area contributed by atoms with E-state index in [2.05, 4.69) is 59.6 Å². The van der Waals surface area contributed by atoms with Crippen LogP contribution in [0.2, 0.25) is 0 Å². The molecule has 55 heavy (non-hydrogen) atoms. The zero-order valence-corrected chi connectivity index (χ0v) is 29.4. The third-order valence-electron chi connectivity index (χ3n) is 9.66. The van der Waals surface area contributed by atoms with E-state index in [9.17, 15) is 0 Å². The molecule has 5 heterocycles. The van der Waals surface area contributed by atoms with Gasteiger partial charge in [0.15, 0.2) is 28.8 Å². The van der Waals surface area contributed by atoms with Gasteiger partial charge >= 0.3 is 0 Å². The van der Waals surface area contributed by atoms with E-state index in [4.69, 9.17) is 29.3 Å². The minimum Gasteiger partial charge on any atom is -0.451 e. The first-order valence-electron chi connectivity index (χ1n) is 18.0. The van der Waals surface area contributed by atoms with Crippen molar-refractivity contribution in [3.63, 3.8) is 0 Å². The molecule has 0 N–H and O–H groups in total. The van der Waals surface area contributed by atoms with E-state index in [1.54, 1.807) is 6.20 Å². The Labute approximate surface area is 316 Å². The molecular formula is C48H30N6O. The number of aromatic nitrogens is 6. The predicted molar refractivity (Wildman–Crippen MR) is 219 cm³/mol. The molecule has 10 aromatic rings. The van der Waals surface area contributed by atoms with Crippen molar-refractivity contribution >= 4 is 21.9 Å². The van der Waals surface area contributed by atoms with Crippen LogP contribution in [0.4, 0.5) is 0 Å². The van der Waals surface area contributed by atoms with Crippen molar-refractivity contribution in [1.82, 2.24) is 29.9 Å². The SMILES string of the molecule is c1ccc(-c2nc(-c3ccccc3)nc(-c3ccc(-c4ccc5c(c4)nc(-c4ccccc4)c4oc(-c6ccccn6)c(-c6ccccn6)c45)cc3)n2)cc1. The topological polar surface area (TPSA) is 90.5 Å². The van der Waals surface area contributed by atoms with E-state index < -0.39 is 0 Å². The summed E-state index contributed by atoms with van der Waals surface area (Å²) in [7, 11) is 0. The molecular weight excluding hydrogens is 677 g/mol. The maximum absolute atomic E-state index is 6.80. The number of furan rings is 1. The summed E-state index contributed by atoms with van der Waals surface area (Å²) in [6, 6.07) is 56.7. The molecule has 0 atom stereocenters. The molecule has 7 nitrogen and oxygen atoms in total. The van der Waals surface area contributed by atoms with Crippen LogP contribution >= 0.6 is 0 Å². The van der Waals surface area contributed by atoms with Gasteiger partial charge in [0.2, 0.25) is 0 Å². The van der Waals surface area contributed by atoms with E-state index in [-0.39, 0.29) is 0 Å². The molecule has 258 valence electrons. The average molecular weight is 707 g/mol. The van der Waals surface area contributed by atoms with Crippen LogP contribution in [0, 0.1) is 0 Å². The van der Waals surface area contributed by atoms with Crippen LogP contribution in [-0.2, 0) is 0 Å². The van der Waals surface area contributed by atoms with Gasteiger partial charge in [-0.1, -0.05) is 140 Å². The van der Waals surface area contributed by atoms with Gasteiger partial charge in [0.05, 0.1) is 16.8 Å². The molecule has 7 heteroatoms. The lowest BCUT2D eigenvalue weighted by molar-refractivity contribution is 0.629. The minimum atomic E-state index is 0.611. The minimum absolute atomic E-state index is 0.611. The van der Waals surface area contributed by atoms with Crippen LogP contribution in [-0.4, -0.2) is 29.9 Å². The zero-order chi connectivity index (χ0) is 36.6. The van der Waals surface area contributed by atoms with Crippen molar-refractivity contribution in [2.24, 2.45) is 0 Å². The molecule has 0 fully saturated rings. The fraction of sp³-hybridized carbons (Fsp3) is 0. The highest BCUT2D eigenvalue weighted by Gasteiger charge is 2.25. The van der Waals surface area contributed by atoms with Gasteiger partial charge in [-0.25, -0.2) is 19.9 Å². The summed E-state index contributed by atoms with van der Waals surface area (Å²) in [4.78, 5) is 29.4. The fourth-order valence-corrected chi connectivity index (χ4v) is 7.01. The summed E-state index contributed by atoms with van der Waals surface area (Å²) in [6.45, 7) is 0. The predicted octanol–water partition coefficient (Wildman–Crippen LogP) is 11.6. The van der Waals surface area contributed by atoms with E-state index >= 15 is 0 Å². The number of benzene rings is 5. The maximum Gasteiger partial charge on any atom is 0.164 e. The van der Waals surface area contributed by atoms with Crippen LogP contribution in [0.1, 0.15) is 0 Å². The first-order valence-corrected chi connectivity index (χ1v) is 18.0. The van der Waals surface area contributed by atoms with Gasteiger partial charge in [-0.2, -0.15) is 0 Å². The second kappa shape index (κ2) is 13.7. The van der Waals surface area contributed by atoms with Crippen LogP contribution < -0.4 is 0 Å². The molecule has 0 bridgehead atoms. The second-order valence-electron chi connectivity index (χ2n) is 13.1. The normalized spacial score (nSPS) is 11.3. The lowest BCUT2D eigenvalue weighted by Gasteiger charge is -2.10. The van der Waals surface area contributed by atoms with Gasteiger partial charge in [-0.3, -0.25) is 9.97 Å². The average Bonchev–Trinajstić information content (AvgIpc) is 3.68. The Balaban J connectivity index is 1.12. The molecule has 0 aliphatic carbocycles. The third-order valence-corrected chi connectivity index (χ3v) is 9.66. The number of rotatable bonds is 7. The molecule has 0 saturated heterocycles. The number of nitrogens with zero attached hydrogens (tertiary/aromatic N) is 6. The summed E-state index contributed by atoms with van der Waals surface area (Å²) in [5.41, 5.74) is 10.5. The van der Waals surface area contributed by atoms with Gasteiger partial charge in [0.1, 0.15) is 11.4 Å². The zero-order valence-electron chi connectivity index (χ0n) is 29.4. The molecule has 10 rings (SSSR count). The molecule has 0 aliphatic rings. The van der Waals surface area contributed by atoms with Crippen molar-refractivity contribution in [1.29, 1.82) is 0 Å². The van der Waals surface area contributed by atoms with Crippen LogP contribution in [0.25, 0.3) is 101 Å². The highest BCUT2D eigenvalue weighted by Crippen LogP contribution is 2.46. The van der Waals surface area contributed by atoms with Crippen LogP contribution in [0.3, 0.4) is 0 Å². The molecule has 0 aliphatic heterocycles. The van der Waals surface area contributed by atoms with Crippen molar-refractivity contribution < 1.29 is 4.42 Å². The molecule has 0 radical (unpaired) electrons. The quantitative estimate of drug-likeness (QED) is 0.163. The third kappa shape index (κ3) is 5.99. The maximum atomic E-state index is 6.80. The molecule has 0 saturated carbocycles. The Morgan fingerprint density at radius 2 is 0.873 bits per heavy atom. The van der Waals surface area contributed by atoms with Crippen LogP contribution in [0.15, 0.2) is 187 Å². The van der Waals surface area contributed by atoms with Crippen molar-refractivity contribution in [2.75, 3.05) is 0 Å². The number of pyridine rings is 3. The van der Waals surface area contributed by atoms with Gasteiger partial charge in [-0.15, -0.1) is 0 Å². The smallest absolute Gasteiger partial charge is 0.164 e. The summed E-state index contributed by atoms with van der Waals surface area (Å²) in [5, 5.41) is 1.91. The summed E-state index contributed by atoms with van der Waals surface area (Å²) in [5.74, 6) is 2.53. The standard InChI is InChI=1S/C48H30N6O/c1-4-14-32(15-5-1)43-45-41(42(38-20-10-12-28-49-38)44(55-45)39-21-11-13-29-50-39)37-27-26-36(30-40(37)51-43)31-22-24-35(25-23-31)48-53-46(33-16-6-2-7-17-33)52-47(54-48)34-18-8-3-9-19-34/h1-30H. The fourth-order valence-electron chi connectivity index (χ4n) is 7.01. The highest BCUT2D eigenvalue weighted by molar-refractivity contribution is 6.18. The van der Waals surface area contributed by atoms with Gasteiger partial charge < -0.3 is 4.42 Å². The summed E-state index contributed by atoms with van der Waals surface area (Å²) < 4.78 is 6.80. The number of hydrogen-bond acceptors (Lipinski definition) is 7. The lowest BCUT2D eigenvalue weighted by Crippen LogP contribution is -2.00. The second-order valence-corrected chi connectivity index (χ2v) is 13.1. The van der Waals surface area contributed by atoms with E-state index in [1.807, 2.05) is 121 Å². The molecule has 5 aromatic heterocycles. The Kier molecular flexibility index (Phi) is 8.00. The van der Waals surface area contributed by atoms with E-state index in [0.29, 0.717) is 28.8 Å². The summed E-state index contributed by atoms with van der Waals surface area (Å²) in [6.07, 6.45) is 3.59. The first kappa shape index (κ1) is 32.0. The Morgan fingerprint density at radius 1 is 0.382 bits per heavy atom. The first-order chi connectivity index (χ1) is 27.3. The van der Waals surface area contributed by atoms with Gasteiger partial charge in [0, 0.05) is 45.4 Å². The van der Waals surface area contributed by atoms with Crippen molar-refractivity contribution in [3.05, 3.63) is 182 Å². The van der Waals surface area contributed by atoms with E-state index in [0.717, 1.165) is 72.3 Å². The van der Waals surface area contributed by atoms with Crippen LogP contribution in [0.5, 0.6) is 0 Å². The lowest BCUT2D eigenvalue weighted by atomic mass is 9.96. The van der Waals surface area contributed by atoms with Crippen molar-refractivity contribution in [2.45, 2.75) is 0 Å². The number of fused-ring (bicyclic) bond motifs is 3. The molecule has 5 aromatic carbocycles. The Morgan fingerprint density at radius 3 is 1.44 bits per heavy atom. The molecule has 0 unspecified atom stereocenters. The van der Waals surface area contributed by atoms with Gasteiger partial charge in [0.25, 0.3) is 0 Å². The highest BCUT2D eigenvalue weighted by atomic mass is 16.3. The van der Waals surface area contributed by atoms with Crippen molar-refractivity contribution in [3.8, 4) is 79.3 Å². The largest absolute Gasteiger partial charge is 0.451 e. The van der Waals surface area contributed by atoms with Gasteiger partial charge in [-0.05, 0) is 41.5 Å². The molecule has 0 amide bonds. The molecule has 0 spiro atoms. The Bertz CT molecular complexity index is 2880. The monoisotopic (exact) mass is 706 g/mol. The summed E-state index contributed by atoms with van der Waals surface area (Å²) >= 11 is 0. The van der Waals surface area contributed by atoms with E-state index in [1.165, 1.54) is 0 Å². The number of hydrogen-bond donors (Lipinski definition) is 0.